The van der Waals surface area contributed by atoms with Gasteiger partial charge in [-0.25, -0.2) is 0 Å². The van der Waals surface area contributed by atoms with Gasteiger partial charge < -0.3 is 9.47 Å². The number of thioether (sulfide) groups is 2. The first kappa shape index (κ1) is 20.6. The molecule has 0 fully saturated rings. The number of hydrogen-bond donors (Lipinski definition) is 0. The van der Waals surface area contributed by atoms with Crippen molar-refractivity contribution in [2.75, 3.05) is 18.8 Å². The molecule has 140 valence electrons. The van der Waals surface area contributed by atoms with Crippen LogP contribution in [0.25, 0.3) is 0 Å². The lowest BCUT2D eigenvalue weighted by Crippen LogP contribution is -2.31. The van der Waals surface area contributed by atoms with Crippen molar-refractivity contribution in [3.8, 4) is 0 Å². The molecule has 1 amide bonds. The second-order valence-electron chi connectivity index (χ2n) is 5.75. The maximum atomic E-state index is 12.2. The van der Waals surface area contributed by atoms with Crippen molar-refractivity contribution in [2.45, 2.75) is 43.1 Å². The van der Waals surface area contributed by atoms with Gasteiger partial charge in [-0.3, -0.25) is 4.79 Å². The third-order valence-electron chi connectivity index (χ3n) is 3.93. The van der Waals surface area contributed by atoms with E-state index in [1.165, 1.54) is 22.2 Å². The van der Waals surface area contributed by atoms with Gasteiger partial charge in [0.15, 0.2) is 5.16 Å². The normalized spacial score (nSPS) is 10.7. The van der Waals surface area contributed by atoms with Crippen LogP contribution in [0.1, 0.15) is 25.2 Å². The molecule has 0 aliphatic carbocycles. The molecule has 1 aromatic carbocycles. The molecule has 0 N–H and O–H groups in total. The highest BCUT2D eigenvalue weighted by Crippen LogP contribution is 2.25. The fourth-order valence-electron chi connectivity index (χ4n) is 2.42. The number of amides is 1. The van der Waals surface area contributed by atoms with Crippen molar-refractivity contribution in [1.82, 2.24) is 19.7 Å². The Morgan fingerprint density at radius 1 is 1.19 bits per heavy atom. The van der Waals surface area contributed by atoms with Gasteiger partial charge in [-0.05, 0) is 32.9 Å². The van der Waals surface area contributed by atoms with E-state index in [-0.39, 0.29) is 5.91 Å². The fraction of sp³-hybridized carbons (Fsp3) is 0.421. The zero-order valence-electron chi connectivity index (χ0n) is 15.6. The van der Waals surface area contributed by atoms with Crippen LogP contribution in [0.15, 0.2) is 47.0 Å². The van der Waals surface area contributed by atoms with Crippen LogP contribution in [0.3, 0.4) is 0 Å². The van der Waals surface area contributed by atoms with Crippen molar-refractivity contribution in [2.24, 2.45) is 0 Å². The van der Waals surface area contributed by atoms with Gasteiger partial charge in [0.25, 0.3) is 0 Å². The molecule has 0 bridgehead atoms. The molecule has 0 aliphatic rings. The summed E-state index contributed by atoms with van der Waals surface area (Å²) in [5.74, 6) is 2.13. The van der Waals surface area contributed by atoms with Crippen LogP contribution >= 0.6 is 23.5 Å². The highest BCUT2D eigenvalue weighted by molar-refractivity contribution is 7.99. The van der Waals surface area contributed by atoms with Crippen LogP contribution in [0, 0.1) is 6.92 Å². The zero-order valence-corrected chi connectivity index (χ0v) is 17.3. The van der Waals surface area contributed by atoms with Gasteiger partial charge >= 0.3 is 0 Å². The van der Waals surface area contributed by atoms with E-state index in [0.717, 1.165) is 29.8 Å². The summed E-state index contributed by atoms with van der Waals surface area (Å²) in [6.07, 6.45) is 1.83. The summed E-state index contributed by atoms with van der Waals surface area (Å²) in [5.41, 5.74) is 1.25. The third kappa shape index (κ3) is 5.64. The Morgan fingerprint density at radius 2 is 1.88 bits per heavy atom. The largest absolute Gasteiger partial charge is 0.343 e. The quantitative estimate of drug-likeness (QED) is 0.453. The van der Waals surface area contributed by atoms with Gasteiger partial charge in [-0.15, -0.1) is 28.5 Å². The molecule has 0 spiro atoms. The molecule has 2 aromatic rings. The smallest absolute Gasteiger partial charge is 0.233 e. The Balaban J connectivity index is 2.03. The van der Waals surface area contributed by atoms with Crippen molar-refractivity contribution >= 4 is 29.4 Å². The molecule has 7 heteroatoms. The summed E-state index contributed by atoms with van der Waals surface area (Å²) < 4.78 is 2.04. The summed E-state index contributed by atoms with van der Waals surface area (Å²) in [6, 6.07) is 8.45. The summed E-state index contributed by atoms with van der Waals surface area (Å²) in [6.45, 7) is 12.0. The van der Waals surface area contributed by atoms with E-state index in [2.05, 4.69) is 48.0 Å². The number of hydrogen-bond acceptors (Lipinski definition) is 5. The van der Waals surface area contributed by atoms with Crippen LogP contribution in [0.4, 0.5) is 0 Å². The van der Waals surface area contributed by atoms with E-state index in [0.29, 0.717) is 12.3 Å². The molecule has 2 rings (SSSR count). The number of aromatic nitrogens is 3. The standard InChI is InChI=1S/C19H26N4OS2/c1-5-12-23-17(13-25-16-10-8-15(4)9-11-16)20-21-19(23)26-14-18(24)22(6-2)7-3/h5,8-11H,1,6-7,12-14H2,2-4H3. The van der Waals surface area contributed by atoms with Crippen molar-refractivity contribution in [1.29, 1.82) is 0 Å². The first-order valence-corrected chi connectivity index (χ1v) is 10.7. The van der Waals surface area contributed by atoms with Crippen molar-refractivity contribution in [3.05, 3.63) is 48.3 Å². The summed E-state index contributed by atoms with van der Waals surface area (Å²) >= 11 is 3.17. The van der Waals surface area contributed by atoms with Gasteiger partial charge in [0, 0.05) is 24.5 Å². The summed E-state index contributed by atoms with van der Waals surface area (Å²) in [5, 5.41) is 9.39. The molecular formula is C19H26N4OS2. The Labute approximate surface area is 164 Å². The lowest BCUT2D eigenvalue weighted by Gasteiger charge is -2.18. The van der Waals surface area contributed by atoms with Crippen LogP contribution in [0.5, 0.6) is 0 Å². The lowest BCUT2D eigenvalue weighted by molar-refractivity contribution is -0.127. The van der Waals surface area contributed by atoms with Crippen molar-refractivity contribution in [3.63, 3.8) is 0 Å². The van der Waals surface area contributed by atoms with E-state index in [1.807, 2.05) is 29.4 Å². The van der Waals surface area contributed by atoms with Crippen LogP contribution in [0.2, 0.25) is 0 Å². The number of aryl methyl sites for hydroxylation is 1. The Hall–Kier alpha value is -1.73. The first-order chi connectivity index (χ1) is 12.6. The van der Waals surface area contributed by atoms with Gasteiger partial charge in [0.1, 0.15) is 5.82 Å². The van der Waals surface area contributed by atoms with E-state index >= 15 is 0 Å². The lowest BCUT2D eigenvalue weighted by atomic mass is 10.2. The fourth-order valence-corrected chi connectivity index (χ4v) is 4.13. The summed E-state index contributed by atoms with van der Waals surface area (Å²) in [7, 11) is 0. The van der Waals surface area contributed by atoms with E-state index in [1.54, 1.807) is 11.8 Å². The number of carbonyl (C=O) groups excluding carboxylic acids is 1. The Kier molecular flexibility index (Phi) is 8.25. The topological polar surface area (TPSA) is 51.0 Å². The van der Waals surface area contributed by atoms with Crippen LogP contribution in [-0.2, 0) is 17.1 Å². The number of benzene rings is 1. The first-order valence-electron chi connectivity index (χ1n) is 8.72. The van der Waals surface area contributed by atoms with Gasteiger partial charge in [-0.1, -0.05) is 35.5 Å². The number of nitrogens with zero attached hydrogens (tertiary/aromatic N) is 4. The Morgan fingerprint density at radius 3 is 2.50 bits per heavy atom. The van der Waals surface area contributed by atoms with E-state index in [4.69, 9.17) is 0 Å². The monoisotopic (exact) mass is 390 g/mol. The average Bonchev–Trinajstić information content (AvgIpc) is 3.03. The number of carbonyl (C=O) groups is 1. The highest BCUT2D eigenvalue weighted by Gasteiger charge is 2.16. The SMILES string of the molecule is C=CCn1c(CSc2ccc(C)cc2)nnc1SCC(=O)N(CC)CC. The number of rotatable bonds is 10. The average molecular weight is 391 g/mol. The van der Waals surface area contributed by atoms with Crippen molar-refractivity contribution < 1.29 is 4.79 Å². The molecule has 26 heavy (non-hydrogen) atoms. The highest BCUT2D eigenvalue weighted by atomic mass is 32.2. The molecule has 0 unspecified atom stereocenters. The predicted octanol–water partition coefficient (Wildman–Crippen LogP) is 4.03. The Bertz CT molecular complexity index is 724. The molecular weight excluding hydrogens is 364 g/mol. The summed E-state index contributed by atoms with van der Waals surface area (Å²) in [4.78, 5) is 15.2. The minimum atomic E-state index is 0.128. The predicted molar refractivity (Wildman–Crippen MR) is 110 cm³/mol. The zero-order chi connectivity index (χ0) is 18.9. The van der Waals surface area contributed by atoms with Crippen LogP contribution < -0.4 is 0 Å². The second kappa shape index (κ2) is 10.4. The molecule has 0 saturated heterocycles. The van der Waals surface area contributed by atoms with Gasteiger partial charge in [0.05, 0.1) is 11.5 Å². The van der Waals surface area contributed by atoms with Gasteiger partial charge in [-0.2, -0.15) is 0 Å². The molecule has 5 nitrogen and oxygen atoms in total. The minimum absolute atomic E-state index is 0.128. The molecule has 1 aromatic heterocycles. The minimum Gasteiger partial charge on any atom is -0.343 e. The second-order valence-corrected chi connectivity index (χ2v) is 7.75. The maximum Gasteiger partial charge on any atom is 0.233 e. The molecule has 0 saturated carbocycles. The van der Waals surface area contributed by atoms with Crippen LogP contribution in [-0.4, -0.2) is 44.4 Å². The molecule has 0 aliphatic heterocycles. The molecule has 0 atom stereocenters. The maximum absolute atomic E-state index is 12.2. The molecule has 1 heterocycles. The molecule has 0 radical (unpaired) electrons. The third-order valence-corrected chi connectivity index (χ3v) is 5.89. The van der Waals surface area contributed by atoms with Gasteiger partial charge in [0.2, 0.25) is 5.91 Å². The van der Waals surface area contributed by atoms with E-state index in [9.17, 15) is 4.79 Å². The number of allylic oxidation sites excluding steroid dienone is 1. The van der Waals surface area contributed by atoms with E-state index < -0.39 is 0 Å².